The van der Waals surface area contributed by atoms with Crippen molar-refractivity contribution in [2.24, 2.45) is 0 Å². The Kier molecular flexibility index (Phi) is 3.36. The van der Waals surface area contributed by atoms with Gasteiger partial charge in [0.2, 0.25) is 0 Å². The van der Waals surface area contributed by atoms with E-state index in [0.29, 0.717) is 11.3 Å². The predicted molar refractivity (Wildman–Crippen MR) is 63.1 cm³/mol. The highest BCUT2D eigenvalue weighted by Gasteiger charge is 2.08. The first-order valence-corrected chi connectivity index (χ1v) is 5.32. The Balaban J connectivity index is 2.43. The summed E-state index contributed by atoms with van der Waals surface area (Å²) in [4.78, 5) is 19.7. The SMILES string of the molecule is COc1nc(C)cc(=O)n1Cc1cncc(F)c1. The minimum absolute atomic E-state index is 0.167. The number of methoxy groups -OCH3 is 1. The Hall–Kier alpha value is -2.24. The molecule has 0 N–H and O–H groups in total. The summed E-state index contributed by atoms with van der Waals surface area (Å²) in [5.74, 6) is -0.445. The van der Waals surface area contributed by atoms with Crippen molar-refractivity contribution < 1.29 is 9.13 Å². The van der Waals surface area contributed by atoms with Crippen molar-refractivity contribution in [3.05, 3.63) is 52.0 Å². The smallest absolute Gasteiger partial charge is 0.299 e. The highest BCUT2D eigenvalue weighted by atomic mass is 19.1. The van der Waals surface area contributed by atoms with Crippen LogP contribution >= 0.6 is 0 Å². The quantitative estimate of drug-likeness (QED) is 0.818. The van der Waals surface area contributed by atoms with Gasteiger partial charge in [-0.05, 0) is 18.6 Å². The van der Waals surface area contributed by atoms with Gasteiger partial charge in [0.1, 0.15) is 5.82 Å². The molecule has 0 aliphatic rings. The summed E-state index contributed by atoms with van der Waals surface area (Å²) in [6.07, 6.45) is 2.60. The summed E-state index contributed by atoms with van der Waals surface area (Å²) < 4.78 is 19.4. The zero-order chi connectivity index (χ0) is 13.1. The van der Waals surface area contributed by atoms with Gasteiger partial charge in [0, 0.05) is 18.0 Å². The largest absolute Gasteiger partial charge is 0.468 e. The van der Waals surface area contributed by atoms with Gasteiger partial charge in [-0.1, -0.05) is 0 Å². The van der Waals surface area contributed by atoms with Crippen LogP contribution in [0, 0.1) is 12.7 Å². The van der Waals surface area contributed by atoms with Gasteiger partial charge in [-0.3, -0.25) is 14.3 Å². The number of ether oxygens (including phenoxy) is 1. The maximum atomic E-state index is 13.0. The summed E-state index contributed by atoms with van der Waals surface area (Å²) in [6.45, 7) is 1.87. The van der Waals surface area contributed by atoms with Gasteiger partial charge in [0.05, 0.1) is 19.9 Å². The van der Waals surface area contributed by atoms with Crippen LogP contribution in [0.2, 0.25) is 0 Å². The molecule has 0 bridgehead atoms. The fourth-order valence-electron chi connectivity index (χ4n) is 1.62. The third kappa shape index (κ3) is 2.53. The van der Waals surface area contributed by atoms with Crippen LogP contribution in [-0.2, 0) is 6.54 Å². The van der Waals surface area contributed by atoms with Gasteiger partial charge in [0.15, 0.2) is 0 Å². The molecule has 18 heavy (non-hydrogen) atoms. The molecule has 2 aromatic rings. The average molecular weight is 249 g/mol. The number of pyridine rings is 1. The third-order valence-electron chi connectivity index (χ3n) is 2.39. The van der Waals surface area contributed by atoms with Crippen LogP contribution in [0.4, 0.5) is 4.39 Å². The van der Waals surface area contributed by atoms with E-state index in [0.717, 1.165) is 6.20 Å². The van der Waals surface area contributed by atoms with Gasteiger partial charge in [0.25, 0.3) is 11.6 Å². The molecule has 0 aromatic carbocycles. The van der Waals surface area contributed by atoms with Crippen molar-refractivity contribution in [1.82, 2.24) is 14.5 Å². The van der Waals surface area contributed by atoms with E-state index in [2.05, 4.69) is 9.97 Å². The first-order chi connectivity index (χ1) is 8.60. The second-order valence-electron chi connectivity index (χ2n) is 3.82. The number of aromatic nitrogens is 3. The molecule has 2 heterocycles. The summed E-state index contributed by atoms with van der Waals surface area (Å²) in [5, 5.41) is 0. The van der Waals surface area contributed by atoms with Crippen LogP contribution in [0.15, 0.2) is 29.3 Å². The molecule has 0 saturated heterocycles. The van der Waals surface area contributed by atoms with Crippen LogP contribution in [-0.4, -0.2) is 21.6 Å². The molecule has 2 aromatic heterocycles. The lowest BCUT2D eigenvalue weighted by Crippen LogP contribution is -2.23. The first kappa shape index (κ1) is 12.2. The molecular formula is C12H12FN3O2. The molecule has 0 amide bonds. The minimum Gasteiger partial charge on any atom is -0.468 e. The Morgan fingerprint density at radius 2 is 2.17 bits per heavy atom. The number of rotatable bonds is 3. The van der Waals surface area contributed by atoms with Gasteiger partial charge in [-0.25, -0.2) is 9.37 Å². The lowest BCUT2D eigenvalue weighted by atomic mass is 10.3. The standard InChI is InChI=1S/C12H12FN3O2/c1-8-3-11(17)16(12(15-8)18-2)7-9-4-10(13)6-14-5-9/h3-6H,7H2,1-2H3. The van der Waals surface area contributed by atoms with E-state index in [1.54, 1.807) is 6.92 Å². The molecule has 0 atom stereocenters. The van der Waals surface area contributed by atoms with Crippen molar-refractivity contribution in [2.75, 3.05) is 7.11 Å². The number of halogens is 1. The molecule has 0 fully saturated rings. The van der Waals surface area contributed by atoms with E-state index in [9.17, 15) is 9.18 Å². The number of hydrogen-bond acceptors (Lipinski definition) is 4. The second kappa shape index (κ2) is 4.95. The van der Waals surface area contributed by atoms with E-state index in [1.807, 2.05) is 0 Å². The lowest BCUT2D eigenvalue weighted by Gasteiger charge is -2.10. The van der Waals surface area contributed by atoms with Crippen LogP contribution in [0.3, 0.4) is 0 Å². The molecule has 0 aliphatic heterocycles. The molecule has 0 spiro atoms. The van der Waals surface area contributed by atoms with Crippen LogP contribution < -0.4 is 10.3 Å². The fraction of sp³-hybridized carbons (Fsp3) is 0.250. The maximum Gasteiger partial charge on any atom is 0.299 e. The van der Waals surface area contributed by atoms with E-state index in [-0.39, 0.29) is 18.1 Å². The molecule has 0 unspecified atom stereocenters. The van der Waals surface area contributed by atoms with Gasteiger partial charge >= 0.3 is 0 Å². The summed E-state index contributed by atoms with van der Waals surface area (Å²) in [7, 11) is 1.43. The fourth-order valence-corrected chi connectivity index (χ4v) is 1.62. The average Bonchev–Trinajstić information content (AvgIpc) is 2.32. The van der Waals surface area contributed by atoms with Crippen molar-refractivity contribution in [1.29, 1.82) is 0 Å². The van der Waals surface area contributed by atoms with E-state index < -0.39 is 5.82 Å². The Bertz CT molecular complexity index is 625. The number of aryl methyl sites for hydroxylation is 1. The molecular weight excluding hydrogens is 237 g/mol. The third-order valence-corrected chi connectivity index (χ3v) is 2.39. The molecule has 0 radical (unpaired) electrons. The summed E-state index contributed by atoms with van der Waals surface area (Å²) in [6, 6.07) is 2.91. The number of nitrogens with zero attached hydrogens (tertiary/aromatic N) is 3. The number of hydrogen-bond donors (Lipinski definition) is 0. The van der Waals surface area contributed by atoms with Crippen LogP contribution in [0.1, 0.15) is 11.3 Å². The van der Waals surface area contributed by atoms with Crippen molar-refractivity contribution in [2.45, 2.75) is 13.5 Å². The Morgan fingerprint density at radius 3 is 2.83 bits per heavy atom. The zero-order valence-corrected chi connectivity index (χ0v) is 10.1. The molecule has 94 valence electrons. The second-order valence-corrected chi connectivity index (χ2v) is 3.82. The van der Waals surface area contributed by atoms with E-state index in [1.165, 1.54) is 30.0 Å². The normalized spacial score (nSPS) is 10.4. The molecule has 2 rings (SSSR count). The zero-order valence-electron chi connectivity index (χ0n) is 10.1. The maximum absolute atomic E-state index is 13.0. The van der Waals surface area contributed by atoms with Crippen molar-refractivity contribution in [3.8, 4) is 6.01 Å². The van der Waals surface area contributed by atoms with Crippen LogP contribution in [0.5, 0.6) is 6.01 Å². The minimum atomic E-state index is -0.445. The topological polar surface area (TPSA) is 57.0 Å². The Labute approximate surface area is 103 Å². The van der Waals surface area contributed by atoms with Crippen molar-refractivity contribution >= 4 is 0 Å². The van der Waals surface area contributed by atoms with Crippen LogP contribution in [0.25, 0.3) is 0 Å². The predicted octanol–water partition coefficient (Wildman–Crippen LogP) is 1.14. The van der Waals surface area contributed by atoms with Gasteiger partial charge in [-0.2, -0.15) is 0 Å². The van der Waals surface area contributed by atoms with Crippen molar-refractivity contribution in [3.63, 3.8) is 0 Å². The van der Waals surface area contributed by atoms with Gasteiger partial charge in [-0.15, -0.1) is 0 Å². The highest BCUT2D eigenvalue weighted by molar-refractivity contribution is 5.14. The molecule has 6 heteroatoms. The van der Waals surface area contributed by atoms with E-state index >= 15 is 0 Å². The summed E-state index contributed by atoms with van der Waals surface area (Å²) in [5.41, 5.74) is 0.898. The monoisotopic (exact) mass is 249 g/mol. The molecule has 0 saturated carbocycles. The molecule has 0 aliphatic carbocycles. The highest BCUT2D eigenvalue weighted by Crippen LogP contribution is 2.09. The van der Waals surface area contributed by atoms with Gasteiger partial charge < -0.3 is 4.74 Å². The molecule has 5 nitrogen and oxygen atoms in total. The first-order valence-electron chi connectivity index (χ1n) is 5.32. The van der Waals surface area contributed by atoms with E-state index in [4.69, 9.17) is 4.74 Å². The lowest BCUT2D eigenvalue weighted by molar-refractivity contribution is 0.349. The Morgan fingerprint density at radius 1 is 1.39 bits per heavy atom. The summed E-state index contributed by atoms with van der Waals surface area (Å²) >= 11 is 0.